The number of nitrogens with zero attached hydrogens (tertiary/aromatic N) is 2. The Kier molecular flexibility index (Phi) is 10.7. The summed E-state index contributed by atoms with van der Waals surface area (Å²) in [6.07, 6.45) is 1.15. The van der Waals surface area contributed by atoms with E-state index in [4.69, 9.17) is 23.2 Å². The summed E-state index contributed by atoms with van der Waals surface area (Å²) in [5.74, 6) is -1.91. The van der Waals surface area contributed by atoms with Crippen LogP contribution in [0.5, 0.6) is 0 Å². The molecular weight excluding hydrogens is 637 g/mol. The van der Waals surface area contributed by atoms with E-state index >= 15 is 0 Å². The maximum Gasteiger partial charge on any atom is 0.327 e. The average molecular weight is 671 g/mol. The molecule has 4 aromatic rings. The van der Waals surface area contributed by atoms with E-state index in [0.717, 1.165) is 9.87 Å². The van der Waals surface area contributed by atoms with E-state index in [9.17, 15) is 27.9 Å². The highest BCUT2D eigenvalue weighted by molar-refractivity contribution is 7.93. The van der Waals surface area contributed by atoms with Gasteiger partial charge in [0.15, 0.2) is 0 Å². The van der Waals surface area contributed by atoms with Gasteiger partial charge in [0.05, 0.1) is 10.6 Å². The largest absolute Gasteiger partial charge is 0.480 e. The zero-order valence-corrected chi connectivity index (χ0v) is 27.3. The van der Waals surface area contributed by atoms with Crippen LogP contribution in [0.2, 0.25) is 10.0 Å². The molecule has 0 aliphatic rings. The number of rotatable bonds is 12. The number of anilines is 1. The van der Waals surface area contributed by atoms with Gasteiger partial charge < -0.3 is 15.3 Å². The van der Waals surface area contributed by atoms with E-state index in [1.165, 1.54) is 29.2 Å². The standard InChI is InChI=1S/C33H33Cl2N3O6S/c1-4-5-14-30(33(41)42)38(45(43,44)25-18-23(34)17-24(35)19-25)29-15-8-11-26-27(29)12-7-13-28(26)31(39)36-20-21-9-6-10-22(16-21)32(40)37(2)3/h6-13,15-19,30H,4-5,14,20H2,1-3H3,(H,36,39)(H,41,42). The predicted molar refractivity (Wildman–Crippen MR) is 177 cm³/mol. The van der Waals surface area contributed by atoms with E-state index in [0.29, 0.717) is 29.2 Å². The zero-order valence-electron chi connectivity index (χ0n) is 25.0. The molecule has 9 nitrogen and oxygen atoms in total. The number of carboxylic acid groups (broad SMARTS) is 1. The van der Waals surface area contributed by atoms with Crippen LogP contribution in [-0.2, 0) is 21.4 Å². The molecule has 1 atom stereocenters. The highest BCUT2D eigenvalue weighted by atomic mass is 35.5. The third kappa shape index (κ3) is 7.58. The normalized spacial score (nSPS) is 12.0. The number of sulfonamides is 1. The number of nitrogens with one attached hydrogen (secondary N) is 1. The molecule has 236 valence electrons. The van der Waals surface area contributed by atoms with E-state index < -0.39 is 27.9 Å². The molecule has 0 aromatic heterocycles. The van der Waals surface area contributed by atoms with Crippen molar-refractivity contribution in [2.24, 2.45) is 0 Å². The molecule has 45 heavy (non-hydrogen) atoms. The highest BCUT2D eigenvalue weighted by Gasteiger charge is 2.37. The van der Waals surface area contributed by atoms with Crippen LogP contribution in [0.3, 0.4) is 0 Å². The van der Waals surface area contributed by atoms with Crippen molar-refractivity contribution in [3.05, 3.63) is 106 Å². The molecular formula is C33H33Cl2N3O6S. The number of benzene rings is 4. The Bertz CT molecular complexity index is 1840. The second kappa shape index (κ2) is 14.3. The Morgan fingerprint density at radius 2 is 1.53 bits per heavy atom. The van der Waals surface area contributed by atoms with Crippen molar-refractivity contribution in [2.45, 2.75) is 43.7 Å². The number of hydrogen-bond donors (Lipinski definition) is 2. The van der Waals surface area contributed by atoms with Crippen LogP contribution in [0.4, 0.5) is 5.69 Å². The number of carboxylic acids is 1. The van der Waals surface area contributed by atoms with Crippen LogP contribution in [0.1, 0.15) is 52.5 Å². The minimum atomic E-state index is -4.51. The Labute approximate surface area is 272 Å². The van der Waals surface area contributed by atoms with Gasteiger partial charge in [-0.05, 0) is 59.8 Å². The van der Waals surface area contributed by atoms with Crippen molar-refractivity contribution in [1.29, 1.82) is 0 Å². The fourth-order valence-corrected chi connectivity index (χ4v) is 7.41. The maximum atomic E-state index is 14.2. The highest BCUT2D eigenvalue weighted by Crippen LogP contribution is 2.36. The molecule has 4 aromatic carbocycles. The lowest BCUT2D eigenvalue weighted by Crippen LogP contribution is -2.45. The summed E-state index contributed by atoms with van der Waals surface area (Å²) in [5.41, 5.74) is 1.56. The molecule has 12 heteroatoms. The van der Waals surface area contributed by atoms with Gasteiger partial charge in [0.2, 0.25) is 0 Å². The van der Waals surface area contributed by atoms with Gasteiger partial charge in [0.1, 0.15) is 6.04 Å². The summed E-state index contributed by atoms with van der Waals surface area (Å²) in [5, 5.41) is 14.1. The quantitative estimate of drug-likeness (QED) is 0.175. The SMILES string of the molecule is CCCCC(C(=O)O)N(c1cccc2c(C(=O)NCc3cccc(C(=O)N(C)C)c3)cccc12)S(=O)(=O)c1cc(Cl)cc(Cl)c1. The summed E-state index contributed by atoms with van der Waals surface area (Å²) in [4.78, 5) is 39.7. The molecule has 4 rings (SSSR count). The van der Waals surface area contributed by atoms with Gasteiger partial charge >= 0.3 is 5.97 Å². The fraction of sp³-hybridized carbons (Fsp3) is 0.242. The van der Waals surface area contributed by atoms with Gasteiger partial charge in [0.25, 0.3) is 21.8 Å². The third-order valence-corrected chi connectivity index (χ3v) is 9.44. The van der Waals surface area contributed by atoms with Crippen LogP contribution in [-0.4, -0.2) is 56.3 Å². The second-order valence-corrected chi connectivity index (χ2v) is 13.4. The number of amides is 2. The predicted octanol–water partition coefficient (Wildman–Crippen LogP) is 6.62. The smallest absolute Gasteiger partial charge is 0.327 e. The van der Waals surface area contributed by atoms with Crippen LogP contribution in [0.15, 0.2) is 83.8 Å². The fourth-order valence-electron chi connectivity index (χ4n) is 5.03. The third-order valence-electron chi connectivity index (χ3n) is 7.21. The van der Waals surface area contributed by atoms with Crippen LogP contribution in [0.25, 0.3) is 10.8 Å². The summed E-state index contributed by atoms with van der Waals surface area (Å²) in [6, 6.07) is 18.9. The lowest BCUT2D eigenvalue weighted by molar-refractivity contribution is -0.138. The number of unbranched alkanes of at least 4 members (excludes halogenated alkanes) is 1. The molecule has 0 heterocycles. The molecule has 1 unspecified atom stereocenters. The summed E-state index contributed by atoms with van der Waals surface area (Å²) in [6.45, 7) is 2.02. The lowest BCUT2D eigenvalue weighted by atomic mass is 10.0. The van der Waals surface area contributed by atoms with Gasteiger partial charge in [-0.25, -0.2) is 13.2 Å². The maximum absolute atomic E-state index is 14.2. The van der Waals surface area contributed by atoms with Crippen molar-refractivity contribution >= 4 is 67.5 Å². The Morgan fingerprint density at radius 3 is 2.18 bits per heavy atom. The van der Waals surface area contributed by atoms with Gasteiger partial charge in [-0.3, -0.25) is 13.9 Å². The molecule has 0 bridgehead atoms. The molecule has 0 aliphatic carbocycles. The van der Waals surface area contributed by atoms with Crippen LogP contribution < -0.4 is 9.62 Å². The molecule has 0 aliphatic heterocycles. The summed E-state index contributed by atoms with van der Waals surface area (Å²) >= 11 is 12.3. The minimum Gasteiger partial charge on any atom is -0.480 e. The molecule has 0 saturated heterocycles. The van der Waals surface area contributed by atoms with Gasteiger partial charge in [0, 0.05) is 47.2 Å². The number of fused-ring (bicyclic) bond motifs is 1. The van der Waals surface area contributed by atoms with E-state index in [1.54, 1.807) is 68.7 Å². The summed E-state index contributed by atoms with van der Waals surface area (Å²) in [7, 11) is -1.20. The molecule has 0 radical (unpaired) electrons. The topological polar surface area (TPSA) is 124 Å². The number of carbonyl (C=O) groups is 3. The molecule has 0 fully saturated rings. The van der Waals surface area contributed by atoms with Crippen molar-refractivity contribution in [3.8, 4) is 0 Å². The van der Waals surface area contributed by atoms with Crippen LogP contribution >= 0.6 is 23.2 Å². The van der Waals surface area contributed by atoms with Gasteiger partial charge in [-0.2, -0.15) is 0 Å². The van der Waals surface area contributed by atoms with Crippen LogP contribution in [0, 0.1) is 0 Å². The molecule has 0 spiro atoms. The van der Waals surface area contributed by atoms with E-state index in [1.807, 2.05) is 6.92 Å². The van der Waals surface area contributed by atoms with Crippen molar-refractivity contribution in [2.75, 3.05) is 18.4 Å². The second-order valence-electron chi connectivity index (χ2n) is 10.7. The first-order chi connectivity index (χ1) is 21.3. The average Bonchev–Trinajstić information content (AvgIpc) is 3.00. The Balaban J connectivity index is 1.79. The Hall–Kier alpha value is -4.12. The first kappa shape index (κ1) is 33.8. The first-order valence-corrected chi connectivity index (χ1v) is 16.4. The molecule has 0 saturated carbocycles. The first-order valence-electron chi connectivity index (χ1n) is 14.2. The minimum absolute atomic E-state index is 0.0469. The van der Waals surface area contributed by atoms with E-state index in [2.05, 4.69) is 5.32 Å². The number of halogens is 2. The van der Waals surface area contributed by atoms with E-state index in [-0.39, 0.29) is 45.1 Å². The Morgan fingerprint density at radius 1 is 0.889 bits per heavy atom. The van der Waals surface area contributed by atoms with Gasteiger partial charge in [-0.15, -0.1) is 0 Å². The van der Waals surface area contributed by atoms with Crippen molar-refractivity contribution in [3.63, 3.8) is 0 Å². The van der Waals surface area contributed by atoms with Crippen molar-refractivity contribution in [1.82, 2.24) is 10.2 Å². The number of hydrogen-bond acceptors (Lipinski definition) is 5. The zero-order chi connectivity index (χ0) is 32.9. The number of aliphatic carboxylic acids is 1. The van der Waals surface area contributed by atoms with Crippen molar-refractivity contribution < 1.29 is 27.9 Å². The monoisotopic (exact) mass is 669 g/mol. The number of carbonyl (C=O) groups excluding carboxylic acids is 2. The molecule has 2 N–H and O–H groups in total. The molecule has 2 amide bonds. The van der Waals surface area contributed by atoms with Gasteiger partial charge in [-0.1, -0.05) is 79.4 Å². The summed E-state index contributed by atoms with van der Waals surface area (Å²) < 4.78 is 29.3. The lowest BCUT2D eigenvalue weighted by Gasteiger charge is -2.31.